The van der Waals surface area contributed by atoms with Crippen molar-refractivity contribution in [2.75, 3.05) is 43.1 Å². The van der Waals surface area contributed by atoms with E-state index in [4.69, 9.17) is 9.47 Å². The van der Waals surface area contributed by atoms with Gasteiger partial charge in [0.05, 0.1) is 13.2 Å². The Hall–Kier alpha value is -3.39. The smallest absolute Gasteiger partial charge is 0.326 e. The van der Waals surface area contributed by atoms with E-state index < -0.39 is 18.0 Å². The summed E-state index contributed by atoms with van der Waals surface area (Å²) < 4.78 is 10.4. The quantitative estimate of drug-likeness (QED) is 0.675. The average molecular weight is 411 g/mol. The summed E-state index contributed by atoms with van der Waals surface area (Å²) >= 11 is 0. The summed E-state index contributed by atoms with van der Waals surface area (Å²) in [5.74, 6) is -1.52. The van der Waals surface area contributed by atoms with E-state index >= 15 is 0 Å². The summed E-state index contributed by atoms with van der Waals surface area (Å²) in [7, 11) is 0. The highest BCUT2D eigenvalue weighted by Gasteiger charge is 2.19. The predicted molar refractivity (Wildman–Crippen MR) is 112 cm³/mol. The van der Waals surface area contributed by atoms with Crippen molar-refractivity contribution < 1.29 is 23.9 Å². The van der Waals surface area contributed by atoms with E-state index in [0.717, 1.165) is 18.8 Å². The van der Waals surface area contributed by atoms with Gasteiger partial charge in [-0.1, -0.05) is 18.2 Å². The highest BCUT2D eigenvalue weighted by molar-refractivity contribution is 5.97. The van der Waals surface area contributed by atoms with Gasteiger partial charge in [-0.3, -0.25) is 14.4 Å². The average Bonchev–Trinajstić information content (AvgIpc) is 2.79. The lowest BCUT2D eigenvalue weighted by molar-refractivity contribution is -0.152. The van der Waals surface area contributed by atoms with E-state index in [2.05, 4.69) is 15.5 Å². The minimum absolute atomic E-state index is 0.320. The second kappa shape index (κ2) is 10.4. The standard InChI is InChI=1S/C22H25N3O5/c1-16(30-20(26)15-23-22(28)17-5-3-2-4-6-17)21(27)24-18-7-9-19(10-8-18)25-11-13-29-14-12-25/h2-10,16H,11-15H2,1H3,(H,23,28)(H,24,27)/t16-/m1/s1. The summed E-state index contributed by atoms with van der Waals surface area (Å²) in [5, 5.41) is 5.19. The normalized spacial score (nSPS) is 14.5. The van der Waals surface area contributed by atoms with Crippen LogP contribution in [-0.2, 0) is 19.1 Å². The van der Waals surface area contributed by atoms with E-state index in [1.165, 1.54) is 6.92 Å². The number of nitrogens with zero attached hydrogens (tertiary/aromatic N) is 1. The summed E-state index contributed by atoms with van der Waals surface area (Å²) in [4.78, 5) is 38.4. The Kier molecular flexibility index (Phi) is 7.40. The fourth-order valence-electron chi connectivity index (χ4n) is 2.96. The lowest BCUT2D eigenvalue weighted by atomic mass is 10.2. The van der Waals surface area contributed by atoms with Crippen LogP contribution in [0, 0.1) is 0 Å². The van der Waals surface area contributed by atoms with Gasteiger partial charge in [-0.05, 0) is 43.3 Å². The minimum Gasteiger partial charge on any atom is -0.451 e. The van der Waals surface area contributed by atoms with Crippen LogP contribution in [0.1, 0.15) is 17.3 Å². The topological polar surface area (TPSA) is 97.0 Å². The minimum atomic E-state index is -0.995. The third kappa shape index (κ3) is 6.05. The number of esters is 1. The zero-order valence-corrected chi connectivity index (χ0v) is 16.8. The SMILES string of the molecule is C[C@@H](OC(=O)CNC(=O)c1ccccc1)C(=O)Nc1ccc(N2CCOCC2)cc1. The van der Waals surface area contributed by atoms with Gasteiger partial charge in [0.1, 0.15) is 6.54 Å². The molecule has 3 rings (SSSR count). The van der Waals surface area contributed by atoms with Crippen molar-refractivity contribution in [2.24, 2.45) is 0 Å². The van der Waals surface area contributed by atoms with Crippen molar-refractivity contribution >= 4 is 29.2 Å². The molecule has 30 heavy (non-hydrogen) atoms. The number of ether oxygens (including phenoxy) is 2. The fraction of sp³-hybridized carbons (Fsp3) is 0.318. The van der Waals surface area contributed by atoms with Crippen LogP contribution in [0.3, 0.4) is 0 Å². The van der Waals surface area contributed by atoms with Gasteiger partial charge in [0.15, 0.2) is 6.10 Å². The summed E-state index contributed by atoms with van der Waals surface area (Å²) in [6.07, 6.45) is -0.995. The molecule has 1 heterocycles. The number of hydrogen-bond donors (Lipinski definition) is 2. The van der Waals surface area contributed by atoms with Crippen LogP contribution in [-0.4, -0.2) is 56.7 Å². The molecule has 1 fully saturated rings. The summed E-state index contributed by atoms with van der Waals surface area (Å²) in [6.45, 7) is 4.23. The largest absolute Gasteiger partial charge is 0.451 e. The van der Waals surface area contributed by atoms with Crippen LogP contribution < -0.4 is 15.5 Å². The van der Waals surface area contributed by atoms with Gasteiger partial charge >= 0.3 is 5.97 Å². The molecule has 2 aromatic carbocycles. The number of benzene rings is 2. The first-order valence-corrected chi connectivity index (χ1v) is 9.79. The molecule has 0 bridgehead atoms. The third-order valence-corrected chi connectivity index (χ3v) is 4.62. The Bertz CT molecular complexity index is 864. The van der Waals surface area contributed by atoms with Crippen molar-refractivity contribution in [1.29, 1.82) is 0 Å². The van der Waals surface area contributed by atoms with Crippen molar-refractivity contribution in [1.82, 2.24) is 5.32 Å². The van der Waals surface area contributed by atoms with E-state index in [-0.39, 0.29) is 12.5 Å². The first-order chi connectivity index (χ1) is 14.5. The second-order valence-corrected chi connectivity index (χ2v) is 6.82. The number of anilines is 2. The molecule has 2 N–H and O–H groups in total. The summed E-state index contributed by atoms with van der Waals surface area (Å²) in [5.41, 5.74) is 2.11. The second-order valence-electron chi connectivity index (χ2n) is 6.82. The van der Waals surface area contributed by atoms with Crippen molar-refractivity contribution in [3.05, 3.63) is 60.2 Å². The highest BCUT2D eigenvalue weighted by Crippen LogP contribution is 2.19. The molecule has 0 aromatic heterocycles. The number of nitrogens with one attached hydrogen (secondary N) is 2. The molecule has 8 nitrogen and oxygen atoms in total. The molecular weight excluding hydrogens is 386 g/mol. The Morgan fingerprint density at radius 2 is 1.70 bits per heavy atom. The van der Waals surface area contributed by atoms with E-state index in [1.807, 2.05) is 12.1 Å². The maximum atomic E-state index is 12.3. The molecule has 0 aliphatic carbocycles. The zero-order chi connectivity index (χ0) is 21.3. The first kappa shape index (κ1) is 21.3. The molecule has 2 amide bonds. The number of morpholine rings is 1. The molecular formula is C22H25N3O5. The van der Waals surface area contributed by atoms with Crippen molar-refractivity contribution in [3.63, 3.8) is 0 Å². The maximum Gasteiger partial charge on any atom is 0.326 e. The van der Waals surface area contributed by atoms with Gasteiger partial charge in [-0.25, -0.2) is 0 Å². The zero-order valence-electron chi connectivity index (χ0n) is 16.8. The van der Waals surface area contributed by atoms with Gasteiger partial charge in [0.2, 0.25) is 0 Å². The molecule has 1 aliphatic rings. The van der Waals surface area contributed by atoms with Crippen LogP contribution in [0.15, 0.2) is 54.6 Å². The third-order valence-electron chi connectivity index (χ3n) is 4.62. The Labute approximate surface area is 175 Å². The molecule has 0 spiro atoms. The molecule has 158 valence electrons. The Morgan fingerprint density at radius 1 is 1.03 bits per heavy atom. The first-order valence-electron chi connectivity index (χ1n) is 9.79. The van der Waals surface area contributed by atoms with Gasteiger partial charge < -0.3 is 25.0 Å². The van der Waals surface area contributed by atoms with Gasteiger partial charge in [0, 0.05) is 30.0 Å². The number of rotatable bonds is 7. The molecule has 0 unspecified atom stereocenters. The number of carbonyl (C=O) groups is 3. The molecule has 1 saturated heterocycles. The van der Waals surface area contributed by atoms with Crippen LogP contribution in [0.25, 0.3) is 0 Å². The van der Waals surface area contributed by atoms with Crippen molar-refractivity contribution in [3.8, 4) is 0 Å². The van der Waals surface area contributed by atoms with Crippen molar-refractivity contribution in [2.45, 2.75) is 13.0 Å². The van der Waals surface area contributed by atoms with Crippen LogP contribution in [0.2, 0.25) is 0 Å². The highest BCUT2D eigenvalue weighted by atomic mass is 16.5. The van der Waals surface area contributed by atoms with Crippen LogP contribution in [0.4, 0.5) is 11.4 Å². The molecule has 1 aliphatic heterocycles. The predicted octanol–water partition coefficient (Wildman–Crippen LogP) is 1.82. The Balaban J connectivity index is 1.43. The molecule has 0 saturated carbocycles. The monoisotopic (exact) mass is 411 g/mol. The molecule has 8 heteroatoms. The lowest BCUT2D eigenvalue weighted by Gasteiger charge is -2.28. The maximum absolute atomic E-state index is 12.3. The van der Waals surface area contributed by atoms with Crippen LogP contribution >= 0.6 is 0 Å². The lowest BCUT2D eigenvalue weighted by Crippen LogP contribution is -2.36. The molecule has 2 aromatic rings. The number of amides is 2. The van der Waals surface area contributed by atoms with Gasteiger partial charge in [-0.15, -0.1) is 0 Å². The number of hydrogen-bond acceptors (Lipinski definition) is 6. The van der Waals surface area contributed by atoms with Gasteiger partial charge in [-0.2, -0.15) is 0 Å². The molecule has 0 radical (unpaired) electrons. The van der Waals surface area contributed by atoms with Crippen LogP contribution in [0.5, 0.6) is 0 Å². The number of carbonyl (C=O) groups excluding carboxylic acids is 3. The fourth-order valence-corrected chi connectivity index (χ4v) is 2.96. The Morgan fingerprint density at radius 3 is 2.37 bits per heavy atom. The van der Waals surface area contributed by atoms with E-state index in [1.54, 1.807) is 42.5 Å². The van der Waals surface area contributed by atoms with E-state index in [9.17, 15) is 14.4 Å². The molecule has 1 atom stereocenters. The van der Waals surface area contributed by atoms with E-state index in [0.29, 0.717) is 24.5 Å². The summed E-state index contributed by atoms with van der Waals surface area (Å²) in [6, 6.07) is 16.0. The van der Waals surface area contributed by atoms with Gasteiger partial charge in [0.25, 0.3) is 11.8 Å².